The van der Waals surface area contributed by atoms with Crippen molar-refractivity contribution in [3.05, 3.63) is 164 Å². The van der Waals surface area contributed by atoms with Gasteiger partial charge in [-0.05, 0) is 43.8 Å². The van der Waals surface area contributed by atoms with Gasteiger partial charge in [0.1, 0.15) is 0 Å². The molecule has 1 heterocycles. The van der Waals surface area contributed by atoms with E-state index in [9.17, 15) is 0 Å². The molecule has 0 aliphatic heterocycles. The smallest absolute Gasteiger partial charge is 0.164 e. The molecule has 8 aromatic rings. The Hall–Kier alpha value is -5.93. The van der Waals surface area contributed by atoms with E-state index in [1.165, 1.54) is 38.2 Å². The van der Waals surface area contributed by atoms with Gasteiger partial charge in [0.2, 0.25) is 0 Å². The van der Waals surface area contributed by atoms with E-state index in [-0.39, 0.29) is 0 Å². The van der Waals surface area contributed by atoms with Crippen LogP contribution in [0.3, 0.4) is 0 Å². The molecule has 0 bridgehead atoms. The number of rotatable bonds is 5. The number of nitrogens with zero attached hydrogens (tertiary/aromatic N) is 3. The van der Waals surface area contributed by atoms with E-state index >= 15 is 0 Å². The van der Waals surface area contributed by atoms with Crippen LogP contribution in [0.25, 0.3) is 78.0 Å². The third kappa shape index (κ3) is 4.71. The largest absolute Gasteiger partial charge is 0.208 e. The van der Waals surface area contributed by atoms with Crippen LogP contribution in [0, 0.1) is 0 Å². The number of hydrogen-bond donors (Lipinski definition) is 0. The van der Waals surface area contributed by atoms with Crippen LogP contribution in [0.4, 0.5) is 0 Å². The van der Waals surface area contributed by atoms with Crippen LogP contribution < -0.4 is 0 Å². The molecular weight excluding hydrogens is 534 g/mol. The Morgan fingerprint density at radius 1 is 0.250 bits per heavy atom. The van der Waals surface area contributed by atoms with Gasteiger partial charge in [-0.15, -0.1) is 0 Å². The van der Waals surface area contributed by atoms with Crippen molar-refractivity contribution in [2.45, 2.75) is 0 Å². The second-order valence-corrected chi connectivity index (χ2v) is 10.8. The van der Waals surface area contributed by atoms with Gasteiger partial charge in [-0.1, -0.05) is 164 Å². The highest BCUT2D eigenvalue weighted by atomic mass is 15.0. The zero-order valence-corrected chi connectivity index (χ0v) is 23.9. The molecule has 44 heavy (non-hydrogen) atoms. The SMILES string of the molecule is c1ccc(-c2nc(-c3ccccc3)nc(-c3ccc(-c4cccc5c(-c6cccc7ccccc67)cccc45)cc3)n2)cc1. The van der Waals surface area contributed by atoms with E-state index in [2.05, 4.69) is 103 Å². The van der Waals surface area contributed by atoms with E-state index in [1.807, 2.05) is 60.7 Å². The van der Waals surface area contributed by atoms with Gasteiger partial charge in [0.15, 0.2) is 17.5 Å². The van der Waals surface area contributed by atoms with Crippen molar-refractivity contribution in [3.63, 3.8) is 0 Å². The third-order valence-electron chi connectivity index (χ3n) is 8.16. The molecule has 3 nitrogen and oxygen atoms in total. The summed E-state index contributed by atoms with van der Waals surface area (Å²) in [4.78, 5) is 14.6. The van der Waals surface area contributed by atoms with Gasteiger partial charge in [-0.25, -0.2) is 15.0 Å². The van der Waals surface area contributed by atoms with E-state index in [0.29, 0.717) is 17.5 Å². The summed E-state index contributed by atoms with van der Waals surface area (Å²) < 4.78 is 0. The molecule has 0 N–H and O–H groups in total. The molecule has 0 aliphatic carbocycles. The first-order chi connectivity index (χ1) is 21.8. The molecule has 206 valence electrons. The molecule has 8 rings (SSSR count). The Balaban J connectivity index is 1.22. The molecule has 1 aromatic heterocycles. The van der Waals surface area contributed by atoms with E-state index in [4.69, 9.17) is 15.0 Å². The van der Waals surface area contributed by atoms with E-state index < -0.39 is 0 Å². The van der Waals surface area contributed by atoms with Crippen molar-refractivity contribution in [1.29, 1.82) is 0 Å². The summed E-state index contributed by atoms with van der Waals surface area (Å²) in [5.41, 5.74) is 7.70. The van der Waals surface area contributed by atoms with Crippen molar-refractivity contribution in [2.24, 2.45) is 0 Å². The molecule has 0 atom stereocenters. The topological polar surface area (TPSA) is 38.7 Å². The number of fused-ring (bicyclic) bond motifs is 2. The minimum absolute atomic E-state index is 0.653. The molecule has 0 unspecified atom stereocenters. The summed E-state index contributed by atoms with van der Waals surface area (Å²) in [6.45, 7) is 0. The number of benzene rings is 7. The summed E-state index contributed by atoms with van der Waals surface area (Å²) >= 11 is 0. The molecule has 0 amide bonds. The van der Waals surface area contributed by atoms with Crippen molar-refractivity contribution in [2.75, 3.05) is 0 Å². The molecule has 0 fully saturated rings. The normalized spacial score (nSPS) is 11.2. The second-order valence-electron chi connectivity index (χ2n) is 10.8. The van der Waals surface area contributed by atoms with Crippen LogP contribution >= 0.6 is 0 Å². The predicted octanol–water partition coefficient (Wildman–Crippen LogP) is 10.5. The van der Waals surface area contributed by atoms with Crippen LogP contribution in [0.2, 0.25) is 0 Å². The van der Waals surface area contributed by atoms with E-state index in [0.717, 1.165) is 22.3 Å². The highest BCUT2D eigenvalue weighted by molar-refractivity contribution is 6.09. The van der Waals surface area contributed by atoms with Crippen LogP contribution in [-0.2, 0) is 0 Å². The maximum absolute atomic E-state index is 4.90. The Labute approximate surface area is 256 Å². The average Bonchev–Trinajstić information content (AvgIpc) is 3.11. The molecule has 0 radical (unpaired) electrons. The van der Waals surface area contributed by atoms with Gasteiger partial charge < -0.3 is 0 Å². The fourth-order valence-corrected chi connectivity index (χ4v) is 5.99. The summed E-state index contributed by atoms with van der Waals surface area (Å²) in [6, 6.07) is 57.1. The van der Waals surface area contributed by atoms with Crippen LogP contribution in [0.1, 0.15) is 0 Å². The first kappa shape index (κ1) is 25.8. The zero-order chi connectivity index (χ0) is 29.3. The van der Waals surface area contributed by atoms with Crippen LogP contribution in [0.15, 0.2) is 164 Å². The van der Waals surface area contributed by atoms with Gasteiger partial charge in [0, 0.05) is 16.7 Å². The fourth-order valence-electron chi connectivity index (χ4n) is 5.99. The average molecular weight is 562 g/mol. The lowest BCUT2D eigenvalue weighted by Gasteiger charge is -2.13. The Kier molecular flexibility index (Phi) is 6.47. The Morgan fingerprint density at radius 3 is 1.25 bits per heavy atom. The van der Waals surface area contributed by atoms with Gasteiger partial charge in [-0.2, -0.15) is 0 Å². The highest BCUT2D eigenvalue weighted by Gasteiger charge is 2.14. The minimum atomic E-state index is 0.653. The van der Waals surface area contributed by atoms with Gasteiger partial charge in [0.25, 0.3) is 0 Å². The van der Waals surface area contributed by atoms with Crippen molar-refractivity contribution < 1.29 is 0 Å². The molecule has 7 aromatic carbocycles. The Bertz CT molecular complexity index is 2190. The van der Waals surface area contributed by atoms with Crippen LogP contribution in [-0.4, -0.2) is 15.0 Å². The van der Waals surface area contributed by atoms with Crippen molar-refractivity contribution in [1.82, 2.24) is 15.0 Å². The zero-order valence-electron chi connectivity index (χ0n) is 23.9. The van der Waals surface area contributed by atoms with E-state index in [1.54, 1.807) is 0 Å². The maximum atomic E-state index is 4.90. The lowest BCUT2D eigenvalue weighted by Crippen LogP contribution is -2.00. The minimum Gasteiger partial charge on any atom is -0.208 e. The number of aromatic nitrogens is 3. The molecule has 0 saturated heterocycles. The first-order valence-electron chi connectivity index (χ1n) is 14.8. The van der Waals surface area contributed by atoms with Gasteiger partial charge in [-0.3, -0.25) is 0 Å². The number of hydrogen-bond acceptors (Lipinski definition) is 3. The molecular formula is C41H27N3. The summed E-state index contributed by atoms with van der Waals surface area (Å²) in [5, 5.41) is 4.98. The highest BCUT2D eigenvalue weighted by Crippen LogP contribution is 2.38. The Morgan fingerprint density at radius 2 is 0.636 bits per heavy atom. The lowest BCUT2D eigenvalue weighted by atomic mass is 9.91. The maximum Gasteiger partial charge on any atom is 0.164 e. The van der Waals surface area contributed by atoms with Crippen molar-refractivity contribution >= 4 is 21.5 Å². The summed E-state index contributed by atoms with van der Waals surface area (Å²) in [5.74, 6) is 1.97. The summed E-state index contributed by atoms with van der Waals surface area (Å²) in [6.07, 6.45) is 0. The monoisotopic (exact) mass is 561 g/mol. The first-order valence-corrected chi connectivity index (χ1v) is 14.8. The predicted molar refractivity (Wildman–Crippen MR) is 182 cm³/mol. The van der Waals surface area contributed by atoms with Crippen molar-refractivity contribution in [3.8, 4) is 56.4 Å². The van der Waals surface area contributed by atoms with Crippen LogP contribution in [0.5, 0.6) is 0 Å². The molecule has 3 heteroatoms. The molecule has 0 aliphatic rings. The van der Waals surface area contributed by atoms with Gasteiger partial charge >= 0.3 is 0 Å². The van der Waals surface area contributed by atoms with Gasteiger partial charge in [0.05, 0.1) is 0 Å². The molecule has 0 saturated carbocycles. The second kappa shape index (κ2) is 11.0. The lowest BCUT2D eigenvalue weighted by molar-refractivity contribution is 1.07. The summed E-state index contributed by atoms with van der Waals surface area (Å²) in [7, 11) is 0. The standard InChI is InChI=1S/C41H27N3/c1-3-13-30(14-4-1)39-42-40(31-15-5-2-6-16-31)44-41(43-39)32-26-24-29(25-27-32)34-19-10-22-37-36(34)21-11-23-38(37)35-20-9-17-28-12-7-8-18-33(28)35/h1-27H. The fraction of sp³-hybridized carbons (Fsp3) is 0. The quantitative estimate of drug-likeness (QED) is 0.210. The molecule has 0 spiro atoms. The third-order valence-corrected chi connectivity index (χ3v) is 8.16.